The van der Waals surface area contributed by atoms with Gasteiger partial charge in [0.2, 0.25) is 5.95 Å². The van der Waals surface area contributed by atoms with Crippen LogP contribution >= 0.6 is 0 Å². The third-order valence-electron chi connectivity index (χ3n) is 5.32. The van der Waals surface area contributed by atoms with E-state index in [1.54, 1.807) is 48.5 Å². The first kappa shape index (κ1) is 26.0. The molecule has 0 spiro atoms. The Balaban J connectivity index is 1.57. The zero-order valence-electron chi connectivity index (χ0n) is 19.9. The highest BCUT2D eigenvalue weighted by molar-refractivity contribution is 5.85. The van der Waals surface area contributed by atoms with Crippen LogP contribution in [-0.2, 0) is 12.8 Å². The molecule has 38 heavy (non-hydrogen) atoms. The summed E-state index contributed by atoms with van der Waals surface area (Å²) in [5.74, 6) is 0.597. The fraction of sp³-hybridized carbons (Fsp3) is 0.111. The Bertz CT molecular complexity index is 1560. The molecule has 0 radical (unpaired) electrons. The molecule has 0 aliphatic carbocycles. The normalized spacial score (nSPS) is 11.2. The van der Waals surface area contributed by atoms with Crippen molar-refractivity contribution < 1.29 is 22.6 Å². The summed E-state index contributed by atoms with van der Waals surface area (Å²) in [6.07, 6.45) is -3.09. The summed E-state index contributed by atoms with van der Waals surface area (Å²) in [6, 6.07) is 20.5. The molecule has 2 N–H and O–H groups in total. The monoisotopic (exact) mass is 519 g/mol. The number of aromatic amines is 1. The van der Waals surface area contributed by atoms with Crippen molar-refractivity contribution in [3.8, 4) is 28.8 Å². The number of ether oxygens (including phenoxy) is 2. The van der Waals surface area contributed by atoms with E-state index >= 15 is 0 Å². The van der Waals surface area contributed by atoms with Gasteiger partial charge in [0, 0.05) is 11.1 Å². The Morgan fingerprint density at radius 2 is 1.87 bits per heavy atom. The lowest BCUT2D eigenvalue weighted by atomic mass is 10.1. The maximum atomic E-state index is 13.1. The predicted molar refractivity (Wildman–Crippen MR) is 135 cm³/mol. The maximum Gasteiger partial charge on any atom is 0.416 e. The molecule has 0 saturated carbocycles. The Morgan fingerprint density at radius 3 is 2.58 bits per heavy atom. The molecule has 0 aliphatic heterocycles. The van der Waals surface area contributed by atoms with Crippen molar-refractivity contribution >= 4 is 12.2 Å². The minimum absolute atomic E-state index is 0.00145. The predicted octanol–water partition coefficient (Wildman–Crippen LogP) is 5.36. The molecule has 0 bridgehead atoms. The second-order valence-electron chi connectivity index (χ2n) is 7.85. The highest BCUT2D eigenvalue weighted by Crippen LogP contribution is 2.32. The Morgan fingerprint density at radius 1 is 1.11 bits per heavy atom. The molecule has 4 rings (SSSR count). The average molecular weight is 519 g/mol. The highest BCUT2D eigenvalue weighted by atomic mass is 19.4. The number of benzene rings is 3. The van der Waals surface area contributed by atoms with Gasteiger partial charge in [-0.25, -0.2) is 10.4 Å². The fourth-order valence-corrected chi connectivity index (χ4v) is 3.54. The minimum atomic E-state index is -4.47. The molecule has 0 atom stereocenters. The number of nitriles is 1. The third kappa shape index (κ3) is 5.99. The summed E-state index contributed by atoms with van der Waals surface area (Å²) < 4.78 is 50.3. The van der Waals surface area contributed by atoms with Crippen LogP contribution < -0.4 is 20.5 Å². The van der Waals surface area contributed by atoms with E-state index in [-0.39, 0.29) is 29.6 Å². The lowest BCUT2D eigenvalue weighted by Gasteiger charge is -2.14. The van der Waals surface area contributed by atoms with Gasteiger partial charge < -0.3 is 9.47 Å². The van der Waals surface area contributed by atoms with E-state index in [1.165, 1.54) is 25.5 Å². The summed E-state index contributed by atoms with van der Waals surface area (Å²) >= 11 is 0. The number of rotatable bonds is 8. The summed E-state index contributed by atoms with van der Waals surface area (Å²) in [5, 5.41) is 13.5. The van der Waals surface area contributed by atoms with E-state index in [0.29, 0.717) is 22.4 Å². The molecular formula is C27H20F3N5O3. The number of hydrazone groups is 1. The number of alkyl halides is 3. The number of H-pyrrole nitrogens is 1. The lowest BCUT2D eigenvalue weighted by molar-refractivity contribution is -0.137. The number of para-hydroxylation sites is 1. The van der Waals surface area contributed by atoms with Crippen LogP contribution in [-0.4, -0.2) is 23.3 Å². The molecule has 0 aliphatic rings. The van der Waals surface area contributed by atoms with Crippen molar-refractivity contribution in [3.63, 3.8) is 0 Å². The van der Waals surface area contributed by atoms with E-state index in [1.807, 2.05) is 6.07 Å². The van der Waals surface area contributed by atoms with Gasteiger partial charge in [-0.2, -0.15) is 23.5 Å². The van der Waals surface area contributed by atoms with Crippen molar-refractivity contribution in [2.75, 3.05) is 12.5 Å². The Labute approximate surface area is 215 Å². The highest BCUT2D eigenvalue weighted by Gasteiger charge is 2.30. The number of methoxy groups -OCH3 is 1. The minimum Gasteiger partial charge on any atom is -0.493 e. The number of hydrogen-bond donors (Lipinski definition) is 2. The fourth-order valence-electron chi connectivity index (χ4n) is 3.54. The molecule has 4 aromatic rings. The smallest absolute Gasteiger partial charge is 0.416 e. The Hall–Kier alpha value is -5.11. The van der Waals surface area contributed by atoms with E-state index in [2.05, 4.69) is 20.5 Å². The van der Waals surface area contributed by atoms with Gasteiger partial charge in [0.25, 0.3) is 5.56 Å². The maximum absolute atomic E-state index is 13.1. The van der Waals surface area contributed by atoms with E-state index in [0.717, 1.165) is 12.1 Å². The second kappa shape index (κ2) is 11.3. The van der Waals surface area contributed by atoms with Crippen LogP contribution in [0.4, 0.5) is 19.1 Å². The van der Waals surface area contributed by atoms with E-state index < -0.39 is 17.3 Å². The van der Waals surface area contributed by atoms with Crippen LogP contribution in [0.1, 0.15) is 22.3 Å². The van der Waals surface area contributed by atoms with Crippen molar-refractivity contribution in [3.05, 3.63) is 105 Å². The molecule has 0 fully saturated rings. The van der Waals surface area contributed by atoms with Crippen LogP contribution in [0.15, 0.2) is 82.7 Å². The van der Waals surface area contributed by atoms with Crippen molar-refractivity contribution in [1.82, 2.24) is 9.97 Å². The standard InChI is InChI=1S/C27H20F3N5O3/c1-37-22-12-6-10-19(24(22)38-16-17-7-5-11-20(13-17)27(28,29)30)15-32-35-26-33-23(18-8-3-2-4-9-18)21(14-31)25(36)34-26/h2-13,15H,16H2,1H3,(H2,33,34,35,36). The quantitative estimate of drug-likeness (QED) is 0.239. The van der Waals surface area contributed by atoms with Gasteiger partial charge in [0.05, 0.1) is 24.6 Å². The van der Waals surface area contributed by atoms with Gasteiger partial charge in [0.15, 0.2) is 11.5 Å². The van der Waals surface area contributed by atoms with Gasteiger partial charge in [0.1, 0.15) is 18.2 Å². The summed E-state index contributed by atoms with van der Waals surface area (Å²) in [6.45, 7) is -0.149. The van der Waals surface area contributed by atoms with Gasteiger partial charge in [-0.05, 0) is 29.8 Å². The lowest BCUT2D eigenvalue weighted by Crippen LogP contribution is -2.16. The van der Waals surface area contributed by atoms with Gasteiger partial charge >= 0.3 is 6.18 Å². The molecule has 0 amide bonds. The van der Waals surface area contributed by atoms with Crippen molar-refractivity contribution in [1.29, 1.82) is 5.26 Å². The Kier molecular flexibility index (Phi) is 7.72. The number of hydrogen-bond acceptors (Lipinski definition) is 7. The molecule has 0 saturated heterocycles. The number of anilines is 1. The van der Waals surface area contributed by atoms with Crippen LogP contribution in [0.5, 0.6) is 11.5 Å². The van der Waals surface area contributed by atoms with Crippen LogP contribution in [0, 0.1) is 11.3 Å². The first-order valence-corrected chi connectivity index (χ1v) is 11.1. The summed E-state index contributed by atoms with van der Waals surface area (Å²) in [5.41, 5.74) is 2.63. The number of aromatic nitrogens is 2. The SMILES string of the molecule is COc1cccc(C=NNc2nc(-c3ccccc3)c(C#N)c(=O)[nH]2)c1OCc1cccc(C(F)(F)F)c1. The molecular weight excluding hydrogens is 499 g/mol. The number of halogens is 3. The zero-order valence-corrected chi connectivity index (χ0v) is 19.9. The summed E-state index contributed by atoms with van der Waals surface area (Å²) in [7, 11) is 1.43. The molecule has 11 heteroatoms. The van der Waals surface area contributed by atoms with Crippen LogP contribution in [0.25, 0.3) is 11.3 Å². The molecule has 0 unspecified atom stereocenters. The van der Waals surface area contributed by atoms with Gasteiger partial charge in [-0.15, -0.1) is 0 Å². The van der Waals surface area contributed by atoms with Crippen LogP contribution in [0.2, 0.25) is 0 Å². The van der Waals surface area contributed by atoms with E-state index in [9.17, 15) is 23.2 Å². The zero-order chi connectivity index (χ0) is 27.1. The van der Waals surface area contributed by atoms with Gasteiger partial charge in [-0.1, -0.05) is 48.5 Å². The molecule has 3 aromatic carbocycles. The topological polar surface area (TPSA) is 112 Å². The molecule has 1 heterocycles. The third-order valence-corrected chi connectivity index (χ3v) is 5.32. The molecule has 1 aromatic heterocycles. The van der Waals surface area contributed by atoms with E-state index in [4.69, 9.17) is 9.47 Å². The first-order valence-electron chi connectivity index (χ1n) is 11.1. The van der Waals surface area contributed by atoms with Crippen LogP contribution in [0.3, 0.4) is 0 Å². The van der Waals surface area contributed by atoms with Crippen molar-refractivity contribution in [2.45, 2.75) is 12.8 Å². The number of nitrogens with one attached hydrogen (secondary N) is 2. The largest absolute Gasteiger partial charge is 0.493 e. The van der Waals surface area contributed by atoms with Gasteiger partial charge in [-0.3, -0.25) is 9.78 Å². The molecule has 8 nitrogen and oxygen atoms in total. The average Bonchev–Trinajstić information content (AvgIpc) is 2.92. The first-order chi connectivity index (χ1) is 18.3. The number of nitrogens with zero attached hydrogens (tertiary/aromatic N) is 3. The van der Waals surface area contributed by atoms with Crippen molar-refractivity contribution in [2.24, 2.45) is 5.10 Å². The second-order valence-corrected chi connectivity index (χ2v) is 7.85. The molecule has 192 valence electrons. The summed E-state index contributed by atoms with van der Waals surface area (Å²) in [4.78, 5) is 19.2.